The third-order valence-electron chi connectivity index (χ3n) is 2.66. The van der Waals surface area contributed by atoms with Gasteiger partial charge in [-0.2, -0.15) is 0 Å². The summed E-state index contributed by atoms with van der Waals surface area (Å²) in [5.41, 5.74) is 0. The Hall–Kier alpha value is -0.570. The molecule has 102 valence electrons. The zero-order chi connectivity index (χ0) is 13.3. The lowest BCUT2D eigenvalue weighted by atomic mass is 10.0. The maximum atomic E-state index is 11.6. The number of hydrogen-bond acceptors (Lipinski definition) is 3. The molecule has 0 aromatic heterocycles. The van der Waals surface area contributed by atoms with Gasteiger partial charge in [-0.3, -0.25) is 4.79 Å². The van der Waals surface area contributed by atoms with Gasteiger partial charge in [0.25, 0.3) is 0 Å². The molecule has 0 fully saturated rings. The summed E-state index contributed by atoms with van der Waals surface area (Å²) in [5, 5.41) is 0. The van der Waals surface area contributed by atoms with E-state index in [1.807, 2.05) is 20.8 Å². The second kappa shape index (κ2) is 9.46. The van der Waals surface area contributed by atoms with Crippen LogP contribution in [0.2, 0.25) is 0 Å². The Balaban J connectivity index is 3.69. The molecule has 0 heterocycles. The van der Waals surface area contributed by atoms with Crippen molar-refractivity contribution < 1.29 is 14.3 Å². The Labute approximate surface area is 106 Å². The smallest absolute Gasteiger partial charge is 0.308 e. The molecule has 0 spiro atoms. The predicted octanol–water partition coefficient (Wildman–Crippen LogP) is 3.56. The van der Waals surface area contributed by atoms with Gasteiger partial charge in [-0.05, 0) is 40.0 Å². The molecular weight excluding hydrogens is 216 g/mol. The van der Waals surface area contributed by atoms with E-state index in [-0.39, 0.29) is 24.1 Å². The first-order valence-corrected chi connectivity index (χ1v) is 6.79. The molecule has 17 heavy (non-hydrogen) atoms. The number of hydrogen-bond donors (Lipinski definition) is 0. The maximum Gasteiger partial charge on any atom is 0.308 e. The van der Waals surface area contributed by atoms with Gasteiger partial charge in [0, 0.05) is 0 Å². The highest BCUT2D eigenvalue weighted by molar-refractivity contribution is 5.71. The lowest BCUT2D eigenvalue weighted by Gasteiger charge is -2.17. The van der Waals surface area contributed by atoms with E-state index in [9.17, 15) is 4.79 Å². The number of esters is 1. The van der Waals surface area contributed by atoms with Gasteiger partial charge < -0.3 is 9.47 Å². The van der Waals surface area contributed by atoms with Crippen LogP contribution in [-0.2, 0) is 14.3 Å². The summed E-state index contributed by atoms with van der Waals surface area (Å²) in [4.78, 5) is 11.6. The number of carbonyl (C=O) groups is 1. The van der Waals surface area contributed by atoms with E-state index in [1.54, 1.807) is 0 Å². The standard InChI is InChI=1S/C14H28O3/c1-6-7-10-16-14(15)12(4)8-9-13(5)17-11(2)3/h11-13H,6-10H2,1-5H3. The molecule has 0 aliphatic heterocycles. The molecule has 0 rings (SSSR count). The topological polar surface area (TPSA) is 35.5 Å². The molecule has 0 amide bonds. The van der Waals surface area contributed by atoms with Gasteiger partial charge in [0.2, 0.25) is 0 Å². The second-order valence-electron chi connectivity index (χ2n) is 4.99. The summed E-state index contributed by atoms with van der Waals surface area (Å²) >= 11 is 0. The first-order valence-electron chi connectivity index (χ1n) is 6.79. The van der Waals surface area contributed by atoms with Gasteiger partial charge in [0.15, 0.2) is 0 Å². The molecule has 0 aliphatic carbocycles. The average Bonchev–Trinajstić information content (AvgIpc) is 2.25. The molecule has 0 N–H and O–H groups in total. The van der Waals surface area contributed by atoms with Crippen molar-refractivity contribution in [1.29, 1.82) is 0 Å². The second-order valence-corrected chi connectivity index (χ2v) is 4.99. The fraction of sp³-hybridized carbons (Fsp3) is 0.929. The maximum absolute atomic E-state index is 11.6. The minimum absolute atomic E-state index is 0.0231. The highest BCUT2D eigenvalue weighted by Crippen LogP contribution is 2.13. The van der Waals surface area contributed by atoms with Crippen LogP contribution in [-0.4, -0.2) is 24.8 Å². The van der Waals surface area contributed by atoms with Crippen molar-refractivity contribution >= 4 is 5.97 Å². The van der Waals surface area contributed by atoms with E-state index < -0.39 is 0 Å². The van der Waals surface area contributed by atoms with E-state index in [2.05, 4.69) is 13.8 Å². The van der Waals surface area contributed by atoms with Gasteiger partial charge >= 0.3 is 5.97 Å². The summed E-state index contributed by atoms with van der Waals surface area (Å²) in [6, 6.07) is 0. The lowest BCUT2D eigenvalue weighted by molar-refractivity contribution is -0.148. The Kier molecular flexibility index (Phi) is 9.14. The molecule has 3 heteroatoms. The molecule has 0 bridgehead atoms. The molecule has 0 aromatic rings. The summed E-state index contributed by atoms with van der Waals surface area (Å²) < 4.78 is 10.8. The zero-order valence-corrected chi connectivity index (χ0v) is 12.0. The molecular formula is C14H28O3. The van der Waals surface area contributed by atoms with Crippen molar-refractivity contribution in [3.63, 3.8) is 0 Å². The van der Waals surface area contributed by atoms with Crippen LogP contribution in [0.25, 0.3) is 0 Å². The van der Waals surface area contributed by atoms with Crippen molar-refractivity contribution in [2.45, 2.75) is 72.5 Å². The highest BCUT2D eigenvalue weighted by atomic mass is 16.5. The van der Waals surface area contributed by atoms with Crippen LogP contribution in [0, 0.1) is 5.92 Å². The van der Waals surface area contributed by atoms with Gasteiger partial charge in [0.1, 0.15) is 0 Å². The largest absolute Gasteiger partial charge is 0.465 e. The Morgan fingerprint density at radius 2 is 1.76 bits per heavy atom. The monoisotopic (exact) mass is 244 g/mol. The fourth-order valence-corrected chi connectivity index (χ4v) is 1.59. The Bertz CT molecular complexity index is 202. The van der Waals surface area contributed by atoms with Crippen LogP contribution in [0.5, 0.6) is 0 Å². The Morgan fingerprint density at radius 1 is 1.12 bits per heavy atom. The van der Waals surface area contributed by atoms with Crippen molar-refractivity contribution in [2.75, 3.05) is 6.61 Å². The normalized spacial score (nSPS) is 14.7. The van der Waals surface area contributed by atoms with Crippen LogP contribution in [0.15, 0.2) is 0 Å². The number of ether oxygens (including phenoxy) is 2. The van der Waals surface area contributed by atoms with Crippen LogP contribution >= 0.6 is 0 Å². The molecule has 0 saturated carbocycles. The van der Waals surface area contributed by atoms with Gasteiger partial charge in [-0.15, -0.1) is 0 Å². The minimum Gasteiger partial charge on any atom is -0.465 e. The number of carbonyl (C=O) groups excluding carboxylic acids is 1. The summed E-state index contributed by atoms with van der Waals surface area (Å²) in [6.45, 7) is 10.7. The first-order chi connectivity index (χ1) is 7.97. The van der Waals surface area contributed by atoms with Crippen molar-refractivity contribution in [3.05, 3.63) is 0 Å². The summed E-state index contributed by atoms with van der Waals surface area (Å²) in [7, 11) is 0. The van der Waals surface area contributed by atoms with E-state index >= 15 is 0 Å². The SMILES string of the molecule is CCCCOC(=O)C(C)CCC(C)OC(C)C. The summed E-state index contributed by atoms with van der Waals surface area (Å²) in [6.07, 6.45) is 4.20. The van der Waals surface area contributed by atoms with E-state index in [4.69, 9.17) is 9.47 Å². The lowest BCUT2D eigenvalue weighted by Crippen LogP contribution is -2.19. The third-order valence-corrected chi connectivity index (χ3v) is 2.66. The van der Waals surface area contributed by atoms with Crippen LogP contribution in [0.3, 0.4) is 0 Å². The summed E-state index contributed by atoms with van der Waals surface area (Å²) in [5.74, 6) is -0.0970. The molecule has 0 radical (unpaired) electrons. The molecule has 0 aliphatic rings. The van der Waals surface area contributed by atoms with Crippen LogP contribution in [0.4, 0.5) is 0 Å². The van der Waals surface area contributed by atoms with Gasteiger partial charge in [-0.1, -0.05) is 20.3 Å². The Morgan fingerprint density at radius 3 is 2.29 bits per heavy atom. The van der Waals surface area contributed by atoms with Crippen molar-refractivity contribution in [3.8, 4) is 0 Å². The van der Waals surface area contributed by atoms with Gasteiger partial charge in [-0.25, -0.2) is 0 Å². The third kappa shape index (κ3) is 9.16. The minimum atomic E-state index is -0.0739. The predicted molar refractivity (Wildman–Crippen MR) is 69.9 cm³/mol. The average molecular weight is 244 g/mol. The van der Waals surface area contributed by atoms with Crippen molar-refractivity contribution in [2.24, 2.45) is 5.92 Å². The molecule has 0 saturated heterocycles. The molecule has 3 nitrogen and oxygen atoms in total. The number of rotatable bonds is 9. The first kappa shape index (κ1) is 16.4. The van der Waals surface area contributed by atoms with Gasteiger partial charge in [0.05, 0.1) is 24.7 Å². The quantitative estimate of drug-likeness (QED) is 0.459. The fourth-order valence-electron chi connectivity index (χ4n) is 1.59. The molecule has 0 aromatic carbocycles. The van der Waals surface area contributed by atoms with Crippen LogP contribution in [0.1, 0.15) is 60.3 Å². The van der Waals surface area contributed by atoms with E-state index in [1.165, 1.54) is 0 Å². The zero-order valence-electron chi connectivity index (χ0n) is 12.0. The molecule has 2 unspecified atom stereocenters. The van der Waals surface area contributed by atoms with Crippen molar-refractivity contribution in [1.82, 2.24) is 0 Å². The van der Waals surface area contributed by atoms with E-state index in [0.29, 0.717) is 6.61 Å². The van der Waals surface area contributed by atoms with E-state index in [0.717, 1.165) is 25.7 Å². The molecule has 2 atom stereocenters. The number of unbranched alkanes of at least 4 members (excludes halogenated alkanes) is 1. The highest BCUT2D eigenvalue weighted by Gasteiger charge is 2.16. The van der Waals surface area contributed by atoms with Crippen LogP contribution < -0.4 is 0 Å².